The van der Waals surface area contributed by atoms with Crippen molar-refractivity contribution in [3.05, 3.63) is 18.2 Å². The average Bonchev–Trinajstić information content (AvgIpc) is 2.37. The molecule has 1 aromatic rings. The van der Waals surface area contributed by atoms with Crippen molar-refractivity contribution in [3.63, 3.8) is 0 Å². The lowest BCUT2D eigenvalue weighted by atomic mass is 10.7. The number of aryl methyl sites for hydroxylation is 1. The van der Waals surface area contributed by atoms with Crippen molar-refractivity contribution in [2.75, 3.05) is 14.2 Å². The lowest BCUT2D eigenvalue weighted by molar-refractivity contribution is -0.132. The molecule has 62 valence electrons. The highest BCUT2D eigenvalue weighted by atomic mass is 16.7. The molecule has 0 fully saturated rings. The zero-order valence-electron chi connectivity index (χ0n) is 7.11. The van der Waals surface area contributed by atoms with Gasteiger partial charge in [-0.1, -0.05) is 0 Å². The quantitative estimate of drug-likeness (QED) is 0.600. The van der Waals surface area contributed by atoms with E-state index in [2.05, 4.69) is 4.98 Å². The first kappa shape index (κ1) is 8.23. The summed E-state index contributed by atoms with van der Waals surface area (Å²) in [4.78, 5) is 9.05. The predicted octanol–water partition coefficient (Wildman–Crippen LogP) is 0.642. The third-order valence-corrected chi connectivity index (χ3v) is 1.59. The summed E-state index contributed by atoms with van der Waals surface area (Å²) in [5.41, 5.74) is 0. The predicted molar refractivity (Wildman–Crippen MR) is 41.7 cm³/mol. The summed E-state index contributed by atoms with van der Waals surface area (Å²) in [6, 6.07) is 0. The van der Waals surface area contributed by atoms with Gasteiger partial charge >= 0.3 is 0 Å². The maximum atomic E-state index is 4.96. The van der Waals surface area contributed by atoms with Gasteiger partial charge in [0.25, 0.3) is 0 Å². The Bertz CT molecular complexity index is 221. The number of imidazole rings is 1. The Morgan fingerprint density at radius 2 is 2.45 bits per heavy atom. The minimum absolute atomic E-state index is 0.711. The molecule has 0 radical (unpaired) electrons. The highest BCUT2D eigenvalue weighted by Gasteiger charge is 1.98. The van der Waals surface area contributed by atoms with Gasteiger partial charge in [0.1, 0.15) is 5.82 Å². The molecule has 0 aromatic carbocycles. The Hall–Kier alpha value is -0.870. The first-order valence-corrected chi connectivity index (χ1v) is 3.47. The zero-order valence-corrected chi connectivity index (χ0v) is 7.11. The number of hydrogen-bond acceptors (Lipinski definition) is 3. The molecule has 0 unspecified atom stereocenters. The Labute approximate surface area is 66.4 Å². The highest BCUT2D eigenvalue weighted by molar-refractivity contribution is 4.87. The molecule has 0 aliphatic rings. The van der Waals surface area contributed by atoms with Crippen molar-refractivity contribution in [1.29, 1.82) is 0 Å². The van der Waals surface area contributed by atoms with Crippen molar-refractivity contribution < 1.29 is 4.84 Å². The molecule has 0 aliphatic heterocycles. The van der Waals surface area contributed by atoms with Crippen LogP contribution in [0.1, 0.15) is 5.82 Å². The van der Waals surface area contributed by atoms with Crippen molar-refractivity contribution in [2.24, 2.45) is 0 Å². The molecule has 0 bridgehead atoms. The second-order valence-electron chi connectivity index (χ2n) is 2.40. The van der Waals surface area contributed by atoms with E-state index < -0.39 is 0 Å². The lowest BCUT2D eigenvalue weighted by Crippen LogP contribution is -2.20. The normalized spacial score (nSPS) is 10.9. The SMILES string of the molecule is CON(C)Cn1ccnc1C. The summed E-state index contributed by atoms with van der Waals surface area (Å²) in [5, 5.41) is 1.73. The Morgan fingerprint density at radius 3 is 2.91 bits per heavy atom. The number of hydroxylamine groups is 2. The van der Waals surface area contributed by atoms with Gasteiger partial charge in [-0.2, -0.15) is 5.06 Å². The lowest BCUT2D eigenvalue weighted by Gasteiger charge is -2.14. The number of rotatable bonds is 3. The number of hydrogen-bond donors (Lipinski definition) is 0. The summed E-state index contributed by atoms with van der Waals surface area (Å²) in [5.74, 6) is 0.994. The molecule has 4 nitrogen and oxygen atoms in total. The van der Waals surface area contributed by atoms with Crippen LogP contribution in [0, 0.1) is 6.92 Å². The van der Waals surface area contributed by atoms with Gasteiger partial charge in [0.15, 0.2) is 0 Å². The topological polar surface area (TPSA) is 30.3 Å². The molecule has 0 atom stereocenters. The van der Waals surface area contributed by atoms with Crippen molar-refractivity contribution in [3.8, 4) is 0 Å². The van der Waals surface area contributed by atoms with Crippen LogP contribution in [0.25, 0.3) is 0 Å². The van der Waals surface area contributed by atoms with Crippen molar-refractivity contribution in [1.82, 2.24) is 14.6 Å². The largest absolute Gasteiger partial charge is 0.319 e. The summed E-state index contributed by atoms with van der Waals surface area (Å²) in [6.07, 6.45) is 3.70. The standard InChI is InChI=1S/C7H13N3O/c1-7-8-4-5-10(7)6-9(2)11-3/h4-5H,6H2,1-3H3. The van der Waals surface area contributed by atoms with Gasteiger partial charge in [-0.25, -0.2) is 4.98 Å². The fraction of sp³-hybridized carbons (Fsp3) is 0.571. The third kappa shape index (κ3) is 2.03. The van der Waals surface area contributed by atoms with Crippen LogP contribution in [0.5, 0.6) is 0 Å². The van der Waals surface area contributed by atoms with E-state index in [0.29, 0.717) is 6.67 Å². The second kappa shape index (κ2) is 3.50. The van der Waals surface area contributed by atoms with Crippen LogP contribution in [-0.4, -0.2) is 28.8 Å². The zero-order chi connectivity index (χ0) is 8.27. The molecule has 0 N–H and O–H groups in total. The maximum Gasteiger partial charge on any atom is 0.106 e. The summed E-state index contributed by atoms with van der Waals surface area (Å²) in [7, 11) is 3.52. The van der Waals surface area contributed by atoms with Gasteiger partial charge < -0.3 is 9.40 Å². The number of nitrogens with zero attached hydrogens (tertiary/aromatic N) is 3. The van der Waals surface area contributed by atoms with Crippen LogP contribution in [0.2, 0.25) is 0 Å². The minimum atomic E-state index is 0.711. The highest BCUT2D eigenvalue weighted by Crippen LogP contribution is 1.96. The molecule has 4 heteroatoms. The Balaban J connectivity index is 2.56. The third-order valence-electron chi connectivity index (χ3n) is 1.59. The van der Waals surface area contributed by atoms with Crippen LogP contribution >= 0.6 is 0 Å². The summed E-state index contributed by atoms with van der Waals surface area (Å²) in [6.45, 7) is 2.67. The minimum Gasteiger partial charge on any atom is -0.319 e. The number of aromatic nitrogens is 2. The molecule has 1 heterocycles. The van der Waals surface area contributed by atoms with Gasteiger partial charge in [0, 0.05) is 19.4 Å². The smallest absolute Gasteiger partial charge is 0.106 e. The molecule has 1 rings (SSSR count). The van der Waals surface area contributed by atoms with Crippen molar-refractivity contribution >= 4 is 0 Å². The van der Waals surface area contributed by atoms with Crippen LogP contribution in [0.15, 0.2) is 12.4 Å². The van der Waals surface area contributed by atoms with Gasteiger partial charge in [0.2, 0.25) is 0 Å². The molecule has 0 amide bonds. The molecule has 0 saturated carbocycles. The molecule has 11 heavy (non-hydrogen) atoms. The first-order chi connectivity index (χ1) is 5.24. The van der Waals surface area contributed by atoms with Crippen molar-refractivity contribution in [2.45, 2.75) is 13.6 Å². The monoisotopic (exact) mass is 155 g/mol. The summed E-state index contributed by atoms with van der Waals surface area (Å²) < 4.78 is 2.00. The summed E-state index contributed by atoms with van der Waals surface area (Å²) >= 11 is 0. The van der Waals surface area contributed by atoms with Gasteiger partial charge in [-0.05, 0) is 6.92 Å². The van der Waals surface area contributed by atoms with E-state index in [1.165, 1.54) is 0 Å². The van der Waals surface area contributed by atoms with Gasteiger partial charge in [-0.15, -0.1) is 0 Å². The van der Waals surface area contributed by atoms with Crippen LogP contribution in [-0.2, 0) is 11.5 Å². The van der Waals surface area contributed by atoms with Crippen LogP contribution in [0.4, 0.5) is 0 Å². The molecule has 0 spiro atoms. The molecule has 0 saturated heterocycles. The van der Waals surface area contributed by atoms with Crippen LogP contribution < -0.4 is 0 Å². The molecule has 1 aromatic heterocycles. The van der Waals surface area contributed by atoms with E-state index in [9.17, 15) is 0 Å². The Kier molecular flexibility index (Phi) is 2.62. The van der Waals surface area contributed by atoms with E-state index in [0.717, 1.165) is 5.82 Å². The van der Waals surface area contributed by atoms with Crippen LogP contribution in [0.3, 0.4) is 0 Å². The van der Waals surface area contributed by atoms with E-state index in [1.807, 2.05) is 24.7 Å². The molecular formula is C7H13N3O. The average molecular weight is 155 g/mol. The fourth-order valence-electron chi connectivity index (χ4n) is 0.825. The van der Waals surface area contributed by atoms with E-state index in [1.54, 1.807) is 18.4 Å². The van der Waals surface area contributed by atoms with E-state index >= 15 is 0 Å². The Morgan fingerprint density at radius 1 is 1.73 bits per heavy atom. The van der Waals surface area contributed by atoms with E-state index in [4.69, 9.17) is 4.84 Å². The first-order valence-electron chi connectivity index (χ1n) is 3.47. The maximum absolute atomic E-state index is 4.96. The van der Waals surface area contributed by atoms with Gasteiger partial charge in [0.05, 0.1) is 13.8 Å². The molecular weight excluding hydrogens is 142 g/mol. The molecule has 0 aliphatic carbocycles. The van der Waals surface area contributed by atoms with E-state index in [-0.39, 0.29) is 0 Å². The fourth-order valence-corrected chi connectivity index (χ4v) is 0.825. The second-order valence-corrected chi connectivity index (χ2v) is 2.40. The van der Waals surface area contributed by atoms with Gasteiger partial charge in [-0.3, -0.25) is 0 Å².